The number of amides is 1. The number of nitrogens with zero attached hydrogens (tertiary/aromatic N) is 2. The molecule has 7 heteroatoms. The van der Waals surface area contributed by atoms with E-state index in [0.717, 1.165) is 18.4 Å². The third kappa shape index (κ3) is 4.05. The number of piperidine rings is 1. The Bertz CT molecular complexity index is 795. The van der Waals surface area contributed by atoms with Gasteiger partial charge < -0.3 is 10.6 Å². The average molecular weight is 393 g/mol. The van der Waals surface area contributed by atoms with Crippen LogP contribution in [0, 0.1) is 5.92 Å². The standard InChI is InChI=1S/C19H22Cl2N4O/c20-14-2-1-13(17(21)10-14)11-25-18(5-6-22-25)24-19(26)9-12-7-15-3-4-16(8-12)23-15/h1-2,5-6,10,12,15-16,23H,3-4,7-9,11H2,(H,24,26). The van der Waals surface area contributed by atoms with Gasteiger partial charge in [0.2, 0.25) is 5.91 Å². The maximum atomic E-state index is 12.5. The van der Waals surface area contributed by atoms with Crippen molar-refractivity contribution in [2.24, 2.45) is 5.92 Å². The summed E-state index contributed by atoms with van der Waals surface area (Å²) in [5, 5.41) is 12.1. The number of benzene rings is 1. The van der Waals surface area contributed by atoms with E-state index in [0.29, 0.717) is 46.8 Å². The average Bonchev–Trinajstić information content (AvgIpc) is 3.16. The van der Waals surface area contributed by atoms with E-state index in [1.54, 1.807) is 23.0 Å². The zero-order valence-corrected chi connectivity index (χ0v) is 15.9. The molecule has 2 fully saturated rings. The molecule has 5 nitrogen and oxygen atoms in total. The monoisotopic (exact) mass is 392 g/mol. The SMILES string of the molecule is O=C(CC1CC2CCC(C1)N2)Nc1ccnn1Cc1ccc(Cl)cc1Cl. The van der Waals surface area contributed by atoms with Gasteiger partial charge in [-0.1, -0.05) is 29.3 Å². The van der Waals surface area contributed by atoms with Crippen LogP contribution in [0.15, 0.2) is 30.5 Å². The van der Waals surface area contributed by atoms with Gasteiger partial charge in [0.25, 0.3) is 0 Å². The van der Waals surface area contributed by atoms with Gasteiger partial charge in [0.1, 0.15) is 5.82 Å². The van der Waals surface area contributed by atoms with Gasteiger partial charge in [-0.15, -0.1) is 0 Å². The van der Waals surface area contributed by atoms with Crippen LogP contribution in [0.25, 0.3) is 0 Å². The van der Waals surface area contributed by atoms with Crippen LogP contribution in [0.4, 0.5) is 5.82 Å². The molecule has 1 amide bonds. The Morgan fingerprint density at radius 3 is 2.73 bits per heavy atom. The highest BCUT2D eigenvalue weighted by molar-refractivity contribution is 6.35. The van der Waals surface area contributed by atoms with Crippen molar-refractivity contribution in [1.29, 1.82) is 0 Å². The molecular weight excluding hydrogens is 371 g/mol. The molecule has 1 aromatic heterocycles. The van der Waals surface area contributed by atoms with Crippen molar-refractivity contribution in [1.82, 2.24) is 15.1 Å². The predicted octanol–water partition coefficient (Wildman–Crippen LogP) is 4.10. The fourth-order valence-corrected chi connectivity index (χ4v) is 4.64. The van der Waals surface area contributed by atoms with Crippen LogP contribution >= 0.6 is 23.2 Å². The van der Waals surface area contributed by atoms with Crippen LogP contribution < -0.4 is 10.6 Å². The minimum absolute atomic E-state index is 0.0558. The predicted molar refractivity (Wildman–Crippen MR) is 104 cm³/mol. The van der Waals surface area contributed by atoms with Crippen molar-refractivity contribution >= 4 is 34.9 Å². The number of fused-ring (bicyclic) bond motifs is 2. The molecule has 4 rings (SSSR count). The molecule has 3 heterocycles. The van der Waals surface area contributed by atoms with E-state index in [1.165, 1.54) is 12.8 Å². The van der Waals surface area contributed by atoms with E-state index in [2.05, 4.69) is 15.7 Å². The van der Waals surface area contributed by atoms with Crippen LogP contribution in [0.2, 0.25) is 10.0 Å². The smallest absolute Gasteiger partial charge is 0.225 e. The van der Waals surface area contributed by atoms with Gasteiger partial charge in [-0.3, -0.25) is 4.79 Å². The second kappa shape index (κ2) is 7.59. The first kappa shape index (κ1) is 17.8. The first-order valence-electron chi connectivity index (χ1n) is 9.08. The zero-order chi connectivity index (χ0) is 18.1. The summed E-state index contributed by atoms with van der Waals surface area (Å²) < 4.78 is 1.75. The molecule has 2 aromatic rings. The van der Waals surface area contributed by atoms with Crippen molar-refractivity contribution < 1.29 is 4.79 Å². The fraction of sp³-hybridized carbons (Fsp3) is 0.474. The molecule has 138 valence electrons. The van der Waals surface area contributed by atoms with Gasteiger partial charge in [-0.05, 0) is 49.3 Å². The number of hydrogen-bond donors (Lipinski definition) is 2. The van der Waals surface area contributed by atoms with Crippen molar-refractivity contribution in [3.63, 3.8) is 0 Å². The molecule has 0 aliphatic carbocycles. The summed E-state index contributed by atoms with van der Waals surface area (Å²) in [7, 11) is 0. The largest absolute Gasteiger partial charge is 0.311 e. The molecule has 2 aliphatic heterocycles. The highest BCUT2D eigenvalue weighted by Gasteiger charge is 2.34. The third-order valence-electron chi connectivity index (χ3n) is 5.36. The number of nitrogens with one attached hydrogen (secondary N) is 2. The molecule has 2 atom stereocenters. The fourth-order valence-electron chi connectivity index (χ4n) is 4.17. The van der Waals surface area contributed by atoms with E-state index in [4.69, 9.17) is 23.2 Å². The highest BCUT2D eigenvalue weighted by atomic mass is 35.5. The number of aromatic nitrogens is 2. The van der Waals surface area contributed by atoms with E-state index in [-0.39, 0.29) is 5.91 Å². The highest BCUT2D eigenvalue weighted by Crippen LogP contribution is 2.32. The molecule has 0 radical (unpaired) electrons. The summed E-state index contributed by atoms with van der Waals surface area (Å²) in [6.07, 6.45) is 6.95. The lowest BCUT2D eigenvalue weighted by Crippen LogP contribution is -2.39. The minimum atomic E-state index is 0.0558. The van der Waals surface area contributed by atoms with Crippen molar-refractivity contribution in [2.75, 3.05) is 5.32 Å². The summed E-state index contributed by atoms with van der Waals surface area (Å²) in [6.45, 7) is 0.482. The van der Waals surface area contributed by atoms with E-state index in [1.807, 2.05) is 12.1 Å². The quantitative estimate of drug-likeness (QED) is 0.804. The second-order valence-corrected chi connectivity index (χ2v) is 8.18. The lowest BCUT2D eigenvalue weighted by molar-refractivity contribution is -0.117. The number of carbonyl (C=O) groups excluding carboxylic acids is 1. The Balaban J connectivity index is 1.38. The van der Waals surface area contributed by atoms with Gasteiger partial charge in [-0.2, -0.15) is 5.10 Å². The third-order valence-corrected chi connectivity index (χ3v) is 5.95. The Morgan fingerprint density at radius 2 is 2.00 bits per heavy atom. The molecule has 0 saturated carbocycles. The molecule has 2 N–H and O–H groups in total. The first-order valence-corrected chi connectivity index (χ1v) is 9.84. The van der Waals surface area contributed by atoms with Crippen molar-refractivity contribution in [2.45, 2.75) is 50.7 Å². The topological polar surface area (TPSA) is 59.0 Å². The van der Waals surface area contributed by atoms with Crippen LogP contribution in [0.5, 0.6) is 0 Å². The number of halogens is 2. The lowest BCUT2D eigenvalue weighted by atomic mass is 9.89. The van der Waals surface area contributed by atoms with Crippen LogP contribution in [-0.4, -0.2) is 27.8 Å². The summed E-state index contributed by atoms with van der Waals surface area (Å²) in [6, 6.07) is 8.41. The molecule has 2 bridgehead atoms. The summed E-state index contributed by atoms with van der Waals surface area (Å²) in [4.78, 5) is 12.5. The maximum Gasteiger partial charge on any atom is 0.225 e. The molecule has 26 heavy (non-hydrogen) atoms. The van der Waals surface area contributed by atoms with E-state index in [9.17, 15) is 4.79 Å². The zero-order valence-electron chi connectivity index (χ0n) is 14.4. The van der Waals surface area contributed by atoms with Gasteiger partial charge in [0, 0.05) is 34.6 Å². The number of anilines is 1. The van der Waals surface area contributed by atoms with Crippen LogP contribution in [-0.2, 0) is 11.3 Å². The number of rotatable bonds is 5. The Kier molecular flexibility index (Phi) is 5.20. The van der Waals surface area contributed by atoms with Crippen molar-refractivity contribution in [3.05, 3.63) is 46.1 Å². The van der Waals surface area contributed by atoms with Crippen LogP contribution in [0.1, 0.15) is 37.7 Å². The molecule has 2 saturated heterocycles. The van der Waals surface area contributed by atoms with Crippen molar-refractivity contribution in [3.8, 4) is 0 Å². The first-order chi connectivity index (χ1) is 12.6. The van der Waals surface area contributed by atoms with Gasteiger partial charge in [0.05, 0.1) is 12.7 Å². The summed E-state index contributed by atoms with van der Waals surface area (Å²) >= 11 is 12.2. The number of carbonyl (C=O) groups is 1. The van der Waals surface area contributed by atoms with Gasteiger partial charge in [0.15, 0.2) is 0 Å². The normalized spacial score (nSPS) is 24.6. The Labute approximate surface area is 163 Å². The van der Waals surface area contributed by atoms with Gasteiger partial charge in [-0.25, -0.2) is 4.68 Å². The summed E-state index contributed by atoms with van der Waals surface area (Å²) in [5.41, 5.74) is 0.908. The molecular formula is C19H22Cl2N4O. The molecule has 2 aliphatic rings. The molecule has 2 unspecified atom stereocenters. The van der Waals surface area contributed by atoms with Crippen LogP contribution in [0.3, 0.4) is 0 Å². The van der Waals surface area contributed by atoms with E-state index >= 15 is 0 Å². The Morgan fingerprint density at radius 1 is 1.23 bits per heavy atom. The van der Waals surface area contributed by atoms with E-state index < -0.39 is 0 Å². The molecule has 0 spiro atoms. The maximum absolute atomic E-state index is 12.5. The lowest BCUT2D eigenvalue weighted by Gasteiger charge is -2.28. The van der Waals surface area contributed by atoms with Gasteiger partial charge >= 0.3 is 0 Å². The summed E-state index contributed by atoms with van der Waals surface area (Å²) in [5.74, 6) is 1.22. The number of hydrogen-bond acceptors (Lipinski definition) is 3. The minimum Gasteiger partial charge on any atom is -0.311 e. The second-order valence-electron chi connectivity index (χ2n) is 7.34. The Hall–Kier alpha value is -1.56. The molecule has 1 aromatic carbocycles.